The van der Waals surface area contributed by atoms with E-state index >= 15 is 0 Å². The Morgan fingerprint density at radius 1 is 1.25 bits per heavy atom. The topological polar surface area (TPSA) is 49.8 Å². The van der Waals surface area contributed by atoms with Crippen LogP contribution < -0.4 is 0 Å². The van der Waals surface area contributed by atoms with E-state index in [9.17, 15) is 4.79 Å². The maximum atomic E-state index is 10.5. The van der Waals surface area contributed by atoms with Crippen molar-refractivity contribution in [1.29, 1.82) is 0 Å². The molecule has 2 atom stereocenters. The summed E-state index contributed by atoms with van der Waals surface area (Å²) in [7, 11) is 0. The van der Waals surface area contributed by atoms with Crippen molar-refractivity contribution in [3.05, 3.63) is 41.5 Å². The van der Waals surface area contributed by atoms with Gasteiger partial charge in [0.05, 0.1) is 12.2 Å². The van der Waals surface area contributed by atoms with E-state index in [1.165, 1.54) is 18.4 Å². The number of nitrogens with zero attached hydrogens (tertiary/aromatic N) is 1. The molecule has 0 radical (unpaired) electrons. The zero-order valence-corrected chi connectivity index (χ0v) is 11.4. The van der Waals surface area contributed by atoms with Gasteiger partial charge >= 0.3 is 5.97 Å². The quantitative estimate of drug-likeness (QED) is 0.854. The van der Waals surface area contributed by atoms with Gasteiger partial charge in [0.15, 0.2) is 0 Å². The molecular weight excluding hydrogens is 254 g/mol. The molecule has 2 unspecified atom stereocenters. The van der Waals surface area contributed by atoms with Gasteiger partial charge in [-0.25, -0.2) is 4.79 Å². The van der Waals surface area contributed by atoms with Crippen LogP contribution in [0.5, 0.6) is 0 Å². The number of carboxylic acid groups (broad SMARTS) is 1. The predicted molar refractivity (Wildman–Crippen MR) is 76.3 cm³/mol. The lowest BCUT2D eigenvalue weighted by Crippen LogP contribution is -2.41. The number of benzene rings is 1. The number of hydrogen-bond donors (Lipinski definition) is 1. The largest absolute Gasteiger partial charge is 0.478 e. The molecule has 2 saturated heterocycles. The zero-order valence-electron chi connectivity index (χ0n) is 11.4. The Bertz CT molecular complexity index is 497. The molecule has 2 aliphatic heterocycles. The Balaban J connectivity index is 1.59. The molecule has 0 aromatic heterocycles. The monoisotopic (exact) mass is 273 g/mol. The number of carbonyl (C=O) groups is 1. The Labute approximate surface area is 118 Å². The molecule has 0 aliphatic carbocycles. The highest BCUT2D eigenvalue weighted by molar-refractivity contribution is 5.85. The van der Waals surface area contributed by atoms with Gasteiger partial charge in [-0.05, 0) is 30.0 Å². The number of carboxylic acids is 1. The molecule has 0 spiro atoms. The number of likely N-dealkylation sites (tertiary alicyclic amines) is 1. The first-order valence-electron chi connectivity index (χ1n) is 7.07. The molecule has 1 N–H and O–H groups in total. The molecular formula is C16H19NO3. The van der Waals surface area contributed by atoms with Gasteiger partial charge in [-0.3, -0.25) is 4.90 Å². The summed E-state index contributed by atoms with van der Waals surface area (Å²) in [6.07, 6.45) is 6.01. The van der Waals surface area contributed by atoms with Gasteiger partial charge < -0.3 is 9.84 Å². The number of fused-ring (bicyclic) bond motifs is 2. The summed E-state index contributed by atoms with van der Waals surface area (Å²) >= 11 is 0. The van der Waals surface area contributed by atoms with E-state index in [1.807, 2.05) is 12.1 Å². The van der Waals surface area contributed by atoms with Crippen LogP contribution in [0.4, 0.5) is 0 Å². The van der Waals surface area contributed by atoms with E-state index in [0.29, 0.717) is 12.2 Å². The van der Waals surface area contributed by atoms with E-state index in [0.717, 1.165) is 31.3 Å². The number of rotatable bonds is 4. The summed E-state index contributed by atoms with van der Waals surface area (Å²) in [6.45, 7) is 2.99. The van der Waals surface area contributed by atoms with E-state index in [2.05, 4.69) is 17.0 Å². The van der Waals surface area contributed by atoms with Gasteiger partial charge in [0.25, 0.3) is 0 Å². The fourth-order valence-corrected chi connectivity index (χ4v) is 2.99. The third-order valence-corrected chi connectivity index (χ3v) is 3.92. The minimum atomic E-state index is -0.919. The van der Waals surface area contributed by atoms with Crippen molar-refractivity contribution in [2.24, 2.45) is 0 Å². The van der Waals surface area contributed by atoms with E-state index < -0.39 is 5.97 Å². The lowest BCUT2D eigenvalue weighted by molar-refractivity contribution is -0.131. The third kappa shape index (κ3) is 3.26. The fourth-order valence-electron chi connectivity index (χ4n) is 2.99. The minimum Gasteiger partial charge on any atom is -0.478 e. The lowest BCUT2D eigenvalue weighted by atomic mass is 10.1. The molecule has 2 fully saturated rings. The molecule has 106 valence electrons. The first-order chi connectivity index (χ1) is 9.69. The summed E-state index contributed by atoms with van der Waals surface area (Å²) < 4.78 is 5.83. The van der Waals surface area contributed by atoms with Crippen LogP contribution in [0, 0.1) is 0 Å². The summed E-state index contributed by atoms with van der Waals surface area (Å²) in [5.41, 5.74) is 2.18. The summed E-state index contributed by atoms with van der Waals surface area (Å²) in [5.74, 6) is -0.919. The van der Waals surface area contributed by atoms with Gasteiger partial charge in [0.2, 0.25) is 0 Å². The van der Waals surface area contributed by atoms with Crippen LogP contribution in [0.1, 0.15) is 24.0 Å². The van der Waals surface area contributed by atoms with Crippen molar-refractivity contribution in [1.82, 2.24) is 4.90 Å². The smallest absolute Gasteiger partial charge is 0.328 e. The molecule has 0 saturated carbocycles. The molecule has 2 bridgehead atoms. The molecule has 2 heterocycles. The SMILES string of the molecule is O=C(O)C=Cc1ccc(CN2CC3CCC(C2)O3)cc1. The number of morpholine rings is 1. The second kappa shape index (κ2) is 5.77. The van der Waals surface area contributed by atoms with Crippen molar-refractivity contribution in [3.63, 3.8) is 0 Å². The molecule has 4 nitrogen and oxygen atoms in total. The highest BCUT2D eigenvalue weighted by Crippen LogP contribution is 2.27. The number of hydrogen-bond acceptors (Lipinski definition) is 3. The zero-order chi connectivity index (χ0) is 13.9. The van der Waals surface area contributed by atoms with Crippen molar-refractivity contribution in [2.75, 3.05) is 13.1 Å². The second-order valence-corrected chi connectivity index (χ2v) is 5.56. The van der Waals surface area contributed by atoms with Gasteiger partial charge in [-0.2, -0.15) is 0 Å². The van der Waals surface area contributed by atoms with Gasteiger partial charge in [-0.1, -0.05) is 24.3 Å². The Kier molecular flexibility index (Phi) is 3.85. The van der Waals surface area contributed by atoms with Crippen molar-refractivity contribution in [3.8, 4) is 0 Å². The standard InChI is InChI=1S/C16H19NO3/c18-16(19)8-5-12-1-3-13(4-2-12)9-17-10-14-6-7-15(11-17)20-14/h1-5,8,14-15H,6-7,9-11H2,(H,18,19). The number of aliphatic carboxylic acids is 1. The van der Waals surface area contributed by atoms with Crippen molar-refractivity contribution < 1.29 is 14.6 Å². The molecule has 3 rings (SSSR count). The first-order valence-corrected chi connectivity index (χ1v) is 7.07. The van der Waals surface area contributed by atoms with E-state index in [4.69, 9.17) is 9.84 Å². The van der Waals surface area contributed by atoms with Crippen LogP contribution >= 0.6 is 0 Å². The summed E-state index contributed by atoms with van der Waals surface area (Å²) in [5, 5.41) is 8.60. The molecule has 4 heteroatoms. The van der Waals surface area contributed by atoms with Crippen LogP contribution in [-0.2, 0) is 16.1 Å². The molecule has 0 amide bonds. The summed E-state index contributed by atoms with van der Waals surface area (Å²) in [4.78, 5) is 12.9. The minimum absolute atomic E-state index is 0.423. The van der Waals surface area contributed by atoms with Crippen molar-refractivity contribution in [2.45, 2.75) is 31.6 Å². The van der Waals surface area contributed by atoms with Crippen LogP contribution in [0.15, 0.2) is 30.3 Å². The highest BCUT2D eigenvalue weighted by atomic mass is 16.5. The average Bonchev–Trinajstić information content (AvgIpc) is 2.77. The Morgan fingerprint density at radius 3 is 2.50 bits per heavy atom. The third-order valence-electron chi connectivity index (χ3n) is 3.92. The maximum absolute atomic E-state index is 10.5. The number of ether oxygens (including phenoxy) is 1. The molecule has 2 aliphatic rings. The lowest BCUT2D eigenvalue weighted by Gasteiger charge is -2.32. The van der Waals surface area contributed by atoms with Gasteiger partial charge in [0, 0.05) is 25.7 Å². The highest BCUT2D eigenvalue weighted by Gasteiger charge is 2.33. The van der Waals surface area contributed by atoms with Crippen LogP contribution in [0.25, 0.3) is 6.08 Å². The Morgan fingerprint density at radius 2 is 1.90 bits per heavy atom. The maximum Gasteiger partial charge on any atom is 0.328 e. The Hall–Kier alpha value is -1.65. The molecule has 20 heavy (non-hydrogen) atoms. The van der Waals surface area contributed by atoms with Crippen LogP contribution in [0.2, 0.25) is 0 Å². The molecule has 1 aromatic carbocycles. The summed E-state index contributed by atoms with van der Waals surface area (Å²) in [6, 6.07) is 8.06. The van der Waals surface area contributed by atoms with Gasteiger partial charge in [-0.15, -0.1) is 0 Å². The van der Waals surface area contributed by atoms with Crippen LogP contribution in [0.3, 0.4) is 0 Å². The van der Waals surface area contributed by atoms with Crippen molar-refractivity contribution >= 4 is 12.0 Å². The fraction of sp³-hybridized carbons (Fsp3) is 0.438. The van der Waals surface area contributed by atoms with E-state index in [1.54, 1.807) is 6.08 Å². The van der Waals surface area contributed by atoms with Crippen LogP contribution in [-0.4, -0.2) is 41.3 Å². The first kappa shape index (κ1) is 13.3. The van der Waals surface area contributed by atoms with Gasteiger partial charge in [0.1, 0.15) is 0 Å². The van der Waals surface area contributed by atoms with E-state index in [-0.39, 0.29) is 0 Å². The normalized spacial score (nSPS) is 26.2. The second-order valence-electron chi connectivity index (χ2n) is 5.56. The molecule has 1 aromatic rings. The predicted octanol–water partition coefficient (Wildman–Crippen LogP) is 2.15. The average molecular weight is 273 g/mol.